The van der Waals surface area contributed by atoms with Crippen molar-refractivity contribution in [3.8, 4) is 5.75 Å². The third kappa shape index (κ3) is 15.3. The van der Waals surface area contributed by atoms with E-state index < -0.39 is 85.2 Å². The maximum Gasteiger partial charge on any atom is 0.306 e. The number of unbranched alkanes of at least 4 members (excludes halogenated alkanes) is 2. The molecule has 0 bridgehead atoms. The molecule has 2 aromatic heterocycles. The zero-order valence-corrected chi connectivity index (χ0v) is 38.1. The molecule has 1 aliphatic heterocycles. The molecule has 3 aromatic rings. The van der Waals surface area contributed by atoms with Crippen molar-refractivity contribution in [1.82, 2.24) is 40.8 Å². The van der Waals surface area contributed by atoms with E-state index in [1.165, 1.54) is 31.3 Å². The SMILES string of the molecule is CCOC(=O)CC(CCCN=C(N)N)C(=O)NCC(=O)NC(CCCCCC(C)=O)C(=O)NC(Cc1ccc(OC)cc1)C(=O)N[C@@H]1C(O)[C@H](n2cnc3c(N(C)C)ncnc32)O[C@@H]1CO. The quantitative estimate of drug-likeness (QED) is 0.0199. The first-order valence-electron chi connectivity index (χ1n) is 21.9. The van der Waals surface area contributed by atoms with Gasteiger partial charge in [0.1, 0.15) is 42.2 Å². The number of ketones is 1. The summed E-state index contributed by atoms with van der Waals surface area (Å²) in [6.07, 6.45) is 1.37. The monoisotopic (exact) mass is 924 g/mol. The Morgan fingerprint density at radius 1 is 0.955 bits per heavy atom. The number of carbonyl (C=O) groups excluding carboxylic acids is 6. The highest BCUT2D eigenvalue weighted by molar-refractivity contribution is 5.94. The van der Waals surface area contributed by atoms with E-state index in [2.05, 4.69) is 41.2 Å². The molecule has 7 atom stereocenters. The summed E-state index contributed by atoms with van der Waals surface area (Å²) < 4.78 is 17.9. The molecular weight excluding hydrogens is 861 g/mol. The van der Waals surface area contributed by atoms with Crippen LogP contribution in [-0.2, 0) is 44.7 Å². The number of hydrogen-bond acceptors (Lipinski definition) is 16. The van der Waals surface area contributed by atoms with Gasteiger partial charge in [-0.15, -0.1) is 0 Å². The largest absolute Gasteiger partial charge is 0.497 e. The number of Topliss-reactive ketones (excluding diaryl/α,β-unsaturated/α-hetero) is 1. The molecular formula is C43H64N12O11. The highest BCUT2D eigenvalue weighted by Gasteiger charge is 2.46. The number of imidazole rings is 1. The van der Waals surface area contributed by atoms with Crippen molar-refractivity contribution in [3.63, 3.8) is 0 Å². The van der Waals surface area contributed by atoms with Gasteiger partial charge in [-0.25, -0.2) is 15.0 Å². The number of aliphatic hydroxyl groups is 2. The van der Waals surface area contributed by atoms with Crippen LogP contribution in [0, 0.1) is 5.92 Å². The Bertz CT molecular complexity index is 2130. The van der Waals surface area contributed by atoms with E-state index in [9.17, 15) is 39.0 Å². The maximum atomic E-state index is 14.3. The second kappa shape index (κ2) is 25.9. The molecule has 0 aliphatic carbocycles. The van der Waals surface area contributed by atoms with Gasteiger partial charge in [0.25, 0.3) is 0 Å². The number of nitrogens with one attached hydrogen (secondary N) is 4. The number of anilines is 1. The Hall–Kier alpha value is -6.46. The summed E-state index contributed by atoms with van der Waals surface area (Å²) in [5.74, 6) is -3.27. The molecule has 23 nitrogen and oxygen atoms in total. The van der Waals surface area contributed by atoms with E-state index in [1.54, 1.807) is 50.2 Å². The number of esters is 1. The summed E-state index contributed by atoms with van der Waals surface area (Å²) in [7, 11) is 5.08. The standard InChI is InChI=1S/C43H64N12O11/c1-6-65-33(59)20-27(12-10-18-46-43(44)45)39(61)47-21-32(58)51-29(13-9-7-8-11-25(2)57)40(62)52-30(19-26-14-16-28(64-5)17-15-26)41(63)53-34-31(22-56)66-42(36(34)60)55-24-50-35-37(54(3)4)48-23-49-38(35)55/h14-17,23-24,27,29-31,34,36,42,56,60H,6-13,18-22H2,1-5H3,(H,47,61)(H,51,58)(H,52,62)(H,53,63)(H4,44,45,46)/t27?,29?,30?,31-,34+,36?,42-/m1/s1. The van der Waals surface area contributed by atoms with Crippen LogP contribution in [-0.4, -0.2) is 149 Å². The number of carbonyl (C=O) groups is 6. The molecule has 0 saturated carbocycles. The van der Waals surface area contributed by atoms with Crippen LogP contribution in [0.5, 0.6) is 5.75 Å². The van der Waals surface area contributed by atoms with Gasteiger partial charge in [-0.05, 0) is 57.2 Å². The molecule has 66 heavy (non-hydrogen) atoms. The predicted molar refractivity (Wildman–Crippen MR) is 241 cm³/mol. The average molecular weight is 925 g/mol. The molecule has 0 radical (unpaired) electrons. The lowest BCUT2D eigenvalue weighted by Gasteiger charge is -2.27. The van der Waals surface area contributed by atoms with E-state index in [4.69, 9.17) is 25.7 Å². The number of rotatable bonds is 27. The van der Waals surface area contributed by atoms with Gasteiger partial charge in [0.15, 0.2) is 29.2 Å². The van der Waals surface area contributed by atoms with Gasteiger partial charge in [0.2, 0.25) is 23.6 Å². The Labute approximate surface area is 382 Å². The van der Waals surface area contributed by atoms with Crippen LogP contribution >= 0.6 is 0 Å². The third-order valence-electron chi connectivity index (χ3n) is 10.8. The highest BCUT2D eigenvalue weighted by Crippen LogP contribution is 2.33. The van der Waals surface area contributed by atoms with Crippen LogP contribution in [0.4, 0.5) is 5.82 Å². The number of fused-ring (bicyclic) bond motifs is 1. The molecule has 23 heteroatoms. The summed E-state index contributed by atoms with van der Waals surface area (Å²) >= 11 is 0. The number of aliphatic imine (C=N–C) groups is 1. The molecule has 1 saturated heterocycles. The Balaban J connectivity index is 1.54. The highest BCUT2D eigenvalue weighted by atomic mass is 16.5. The normalized spacial score (nSPS) is 18.0. The number of amides is 4. The number of aliphatic hydroxyl groups excluding tert-OH is 2. The maximum absolute atomic E-state index is 14.3. The molecule has 0 spiro atoms. The molecule has 1 fully saturated rings. The first kappa shape index (κ1) is 52.2. The number of ether oxygens (including phenoxy) is 3. The average Bonchev–Trinajstić information content (AvgIpc) is 3.85. The van der Waals surface area contributed by atoms with E-state index in [1.807, 2.05) is 0 Å². The first-order valence-corrected chi connectivity index (χ1v) is 21.9. The number of methoxy groups -OCH3 is 1. The van der Waals surface area contributed by atoms with Crippen LogP contribution in [0.25, 0.3) is 11.2 Å². The van der Waals surface area contributed by atoms with Crippen molar-refractivity contribution in [2.45, 2.75) is 108 Å². The summed E-state index contributed by atoms with van der Waals surface area (Å²) in [6.45, 7) is 2.31. The molecule has 10 N–H and O–H groups in total. The van der Waals surface area contributed by atoms with E-state index in [-0.39, 0.29) is 50.6 Å². The number of hydrogen-bond donors (Lipinski definition) is 8. The van der Waals surface area contributed by atoms with Gasteiger partial charge in [-0.2, -0.15) is 0 Å². The zero-order chi connectivity index (χ0) is 48.3. The lowest BCUT2D eigenvalue weighted by molar-refractivity contribution is -0.146. The number of guanidine groups is 1. The fraction of sp³-hybridized carbons (Fsp3) is 0.581. The smallest absolute Gasteiger partial charge is 0.306 e. The lowest BCUT2D eigenvalue weighted by atomic mass is 9.98. The minimum Gasteiger partial charge on any atom is -0.497 e. The van der Waals surface area contributed by atoms with Crippen molar-refractivity contribution in [2.24, 2.45) is 22.4 Å². The second-order valence-corrected chi connectivity index (χ2v) is 16.1. The fourth-order valence-electron chi connectivity index (χ4n) is 7.42. The number of nitrogens with zero attached hydrogens (tertiary/aromatic N) is 6. The van der Waals surface area contributed by atoms with Gasteiger partial charge in [0.05, 0.1) is 45.7 Å². The molecule has 4 unspecified atom stereocenters. The lowest BCUT2D eigenvalue weighted by Crippen LogP contribution is -2.58. The topological polar surface area (TPSA) is 330 Å². The summed E-state index contributed by atoms with van der Waals surface area (Å²) in [4.78, 5) is 97.8. The molecule has 1 aliphatic rings. The van der Waals surface area contributed by atoms with Crippen LogP contribution in [0.2, 0.25) is 0 Å². The second-order valence-electron chi connectivity index (χ2n) is 16.1. The van der Waals surface area contributed by atoms with Crippen molar-refractivity contribution in [3.05, 3.63) is 42.5 Å². The van der Waals surface area contributed by atoms with Crippen LogP contribution in [0.1, 0.15) is 77.0 Å². The molecule has 362 valence electrons. The Morgan fingerprint density at radius 2 is 1.70 bits per heavy atom. The first-order chi connectivity index (χ1) is 31.6. The van der Waals surface area contributed by atoms with Crippen molar-refractivity contribution in [2.75, 3.05) is 52.4 Å². The molecule has 3 heterocycles. The summed E-state index contributed by atoms with van der Waals surface area (Å²) in [5.41, 5.74) is 12.2. The predicted octanol–water partition coefficient (Wildman–Crippen LogP) is -0.873. The van der Waals surface area contributed by atoms with E-state index in [0.717, 1.165) is 0 Å². The third-order valence-corrected chi connectivity index (χ3v) is 10.8. The fourth-order valence-corrected chi connectivity index (χ4v) is 7.42. The summed E-state index contributed by atoms with van der Waals surface area (Å²) in [6, 6.07) is 3.14. The Morgan fingerprint density at radius 3 is 2.35 bits per heavy atom. The van der Waals surface area contributed by atoms with Crippen LogP contribution < -0.4 is 42.4 Å². The number of aromatic nitrogens is 4. The van der Waals surface area contributed by atoms with Crippen LogP contribution in [0.15, 0.2) is 41.9 Å². The number of nitrogens with two attached hydrogens (primary N) is 2. The van der Waals surface area contributed by atoms with Gasteiger partial charge >= 0.3 is 5.97 Å². The van der Waals surface area contributed by atoms with Gasteiger partial charge < -0.3 is 66.9 Å². The van der Waals surface area contributed by atoms with Gasteiger partial charge in [0, 0.05) is 39.4 Å². The Kier molecular flexibility index (Phi) is 20.5. The number of benzene rings is 1. The minimum atomic E-state index is -1.43. The molecule has 4 rings (SSSR count). The molecule has 4 amide bonds. The zero-order valence-electron chi connectivity index (χ0n) is 38.1. The van der Waals surface area contributed by atoms with E-state index in [0.29, 0.717) is 60.4 Å². The van der Waals surface area contributed by atoms with Gasteiger partial charge in [-0.3, -0.25) is 33.5 Å². The van der Waals surface area contributed by atoms with Crippen molar-refractivity contribution < 1.29 is 53.2 Å². The van der Waals surface area contributed by atoms with Crippen LogP contribution in [0.3, 0.4) is 0 Å². The summed E-state index contributed by atoms with van der Waals surface area (Å²) in [5, 5.41) is 32.8. The molecule has 1 aromatic carbocycles. The van der Waals surface area contributed by atoms with Crippen molar-refractivity contribution >= 4 is 58.3 Å². The van der Waals surface area contributed by atoms with Gasteiger partial charge in [-0.1, -0.05) is 25.0 Å². The minimum absolute atomic E-state index is 0.0107. The van der Waals surface area contributed by atoms with E-state index >= 15 is 0 Å². The van der Waals surface area contributed by atoms with Crippen molar-refractivity contribution in [1.29, 1.82) is 0 Å².